The standard InChI is InChI=1S/C20H35N5O/c1-17(2)20-21-8-9-25(20)15-14-23-10-12-24(13-11-23)16-19(26)22-18-6-4-3-5-7-18/h8-9,17-18H,3-7,10-16H2,1-2H3,(H,22,26). The van der Waals surface area contributed by atoms with Crippen LogP contribution in [0.5, 0.6) is 0 Å². The van der Waals surface area contributed by atoms with Crippen molar-refractivity contribution in [3.8, 4) is 0 Å². The average Bonchev–Trinajstić information content (AvgIpc) is 3.11. The van der Waals surface area contributed by atoms with Crippen LogP contribution in [0.1, 0.15) is 57.7 Å². The Hall–Kier alpha value is -1.40. The third kappa shape index (κ3) is 5.55. The van der Waals surface area contributed by atoms with E-state index < -0.39 is 0 Å². The van der Waals surface area contributed by atoms with E-state index in [-0.39, 0.29) is 5.91 Å². The summed E-state index contributed by atoms with van der Waals surface area (Å²) in [5.74, 6) is 1.85. The molecule has 0 aromatic carbocycles. The molecule has 6 nitrogen and oxygen atoms in total. The Kier molecular flexibility index (Phi) is 7.08. The molecule has 26 heavy (non-hydrogen) atoms. The third-order valence-electron chi connectivity index (χ3n) is 5.72. The van der Waals surface area contributed by atoms with E-state index >= 15 is 0 Å². The molecule has 3 rings (SSSR count). The number of hydrogen-bond donors (Lipinski definition) is 1. The summed E-state index contributed by atoms with van der Waals surface area (Å²) in [5, 5.41) is 3.23. The number of carbonyl (C=O) groups is 1. The molecule has 0 atom stereocenters. The Morgan fingerprint density at radius 2 is 1.81 bits per heavy atom. The molecule has 1 aliphatic carbocycles. The van der Waals surface area contributed by atoms with E-state index in [1.165, 1.54) is 25.1 Å². The molecule has 2 fully saturated rings. The molecule has 1 aromatic rings. The lowest BCUT2D eigenvalue weighted by Gasteiger charge is -2.34. The molecular formula is C20H35N5O. The smallest absolute Gasteiger partial charge is 0.234 e. The molecule has 1 amide bonds. The maximum atomic E-state index is 12.3. The molecule has 0 radical (unpaired) electrons. The molecule has 0 unspecified atom stereocenters. The maximum Gasteiger partial charge on any atom is 0.234 e. The molecule has 146 valence electrons. The fourth-order valence-corrected chi connectivity index (χ4v) is 4.15. The fourth-order valence-electron chi connectivity index (χ4n) is 4.15. The van der Waals surface area contributed by atoms with Gasteiger partial charge in [-0.3, -0.25) is 14.6 Å². The zero-order valence-corrected chi connectivity index (χ0v) is 16.5. The van der Waals surface area contributed by atoms with Crippen molar-refractivity contribution in [2.24, 2.45) is 0 Å². The largest absolute Gasteiger partial charge is 0.352 e. The highest BCUT2D eigenvalue weighted by molar-refractivity contribution is 5.78. The summed E-state index contributed by atoms with van der Waals surface area (Å²) in [4.78, 5) is 21.5. The normalized spacial score (nSPS) is 20.6. The van der Waals surface area contributed by atoms with Gasteiger partial charge in [0.1, 0.15) is 5.82 Å². The highest BCUT2D eigenvalue weighted by atomic mass is 16.2. The zero-order valence-electron chi connectivity index (χ0n) is 16.5. The number of amides is 1. The van der Waals surface area contributed by atoms with E-state index in [9.17, 15) is 4.79 Å². The van der Waals surface area contributed by atoms with Gasteiger partial charge in [-0.2, -0.15) is 0 Å². The predicted octanol–water partition coefficient (Wildman–Crippen LogP) is 2.07. The van der Waals surface area contributed by atoms with Crippen LogP contribution in [0, 0.1) is 0 Å². The van der Waals surface area contributed by atoms with Crippen molar-refractivity contribution in [3.63, 3.8) is 0 Å². The highest BCUT2D eigenvalue weighted by Crippen LogP contribution is 2.17. The summed E-state index contributed by atoms with van der Waals surface area (Å²) in [5.41, 5.74) is 0. The van der Waals surface area contributed by atoms with Crippen LogP contribution in [-0.2, 0) is 11.3 Å². The summed E-state index contributed by atoms with van der Waals surface area (Å²) in [6, 6.07) is 0.419. The van der Waals surface area contributed by atoms with Gasteiger partial charge >= 0.3 is 0 Å². The average molecular weight is 362 g/mol. The lowest BCUT2D eigenvalue weighted by molar-refractivity contribution is -0.123. The molecule has 1 saturated carbocycles. The van der Waals surface area contributed by atoms with Crippen LogP contribution < -0.4 is 5.32 Å². The van der Waals surface area contributed by atoms with Crippen LogP contribution in [0.3, 0.4) is 0 Å². The van der Waals surface area contributed by atoms with Crippen molar-refractivity contribution in [1.29, 1.82) is 0 Å². The number of carbonyl (C=O) groups excluding carboxylic acids is 1. The van der Waals surface area contributed by atoms with Gasteiger partial charge in [-0.05, 0) is 12.8 Å². The first-order chi connectivity index (χ1) is 12.6. The van der Waals surface area contributed by atoms with E-state index in [4.69, 9.17) is 0 Å². The Labute approximate surface area is 157 Å². The first-order valence-electron chi connectivity index (χ1n) is 10.4. The van der Waals surface area contributed by atoms with E-state index in [2.05, 4.69) is 44.7 Å². The van der Waals surface area contributed by atoms with E-state index in [1.54, 1.807) is 0 Å². The van der Waals surface area contributed by atoms with Crippen LogP contribution in [0.2, 0.25) is 0 Å². The van der Waals surface area contributed by atoms with Crippen molar-refractivity contribution in [2.75, 3.05) is 39.3 Å². The number of piperazine rings is 1. The summed E-state index contributed by atoms with van der Waals surface area (Å²) >= 11 is 0. The molecular weight excluding hydrogens is 326 g/mol. The second-order valence-corrected chi connectivity index (χ2v) is 8.15. The molecule has 0 spiro atoms. The fraction of sp³-hybridized carbons (Fsp3) is 0.800. The van der Waals surface area contributed by atoms with E-state index in [0.717, 1.165) is 52.1 Å². The van der Waals surface area contributed by atoms with Gasteiger partial charge < -0.3 is 9.88 Å². The predicted molar refractivity (Wildman–Crippen MR) is 104 cm³/mol. The Morgan fingerprint density at radius 3 is 2.50 bits per heavy atom. The van der Waals surface area contributed by atoms with Crippen LogP contribution in [0.4, 0.5) is 0 Å². The topological polar surface area (TPSA) is 53.4 Å². The number of rotatable bonds is 7. The van der Waals surface area contributed by atoms with Gasteiger partial charge in [-0.1, -0.05) is 33.1 Å². The van der Waals surface area contributed by atoms with Crippen LogP contribution in [-0.4, -0.2) is 70.6 Å². The first-order valence-corrected chi connectivity index (χ1v) is 10.4. The minimum atomic E-state index is 0.213. The van der Waals surface area contributed by atoms with Crippen LogP contribution in [0.25, 0.3) is 0 Å². The number of nitrogens with zero attached hydrogens (tertiary/aromatic N) is 4. The Morgan fingerprint density at radius 1 is 1.12 bits per heavy atom. The van der Waals surface area contributed by atoms with Gasteiger partial charge in [0, 0.05) is 63.6 Å². The minimum absolute atomic E-state index is 0.213. The van der Waals surface area contributed by atoms with Crippen molar-refractivity contribution in [3.05, 3.63) is 18.2 Å². The summed E-state index contributed by atoms with van der Waals surface area (Å²) in [6.07, 6.45) is 10.2. The third-order valence-corrected chi connectivity index (χ3v) is 5.72. The number of nitrogens with one attached hydrogen (secondary N) is 1. The van der Waals surface area contributed by atoms with Gasteiger partial charge in [0.2, 0.25) is 5.91 Å². The van der Waals surface area contributed by atoms with Crippen molar-refractivity contribution < 1.29 is 4.79 Å². The summed E-state index contributed by atoms with van der Waals surface area (Å²) < 4.78 is 2.27. The number of imidazole rings is 1. The first kappa shape index (κ1) is 19.4. The Bertz CT molecular complexity index is 556. The SMILES string of the molecule is CC(C)c1nccn1CCN1CCN(CC(=O)NC2CCCCC2)CC1. The molecule has 2 heterocycles. The van der Waals surface area contributed by atoms with Crippen LogP contribution in [0.15, 0.2) is 12.4 Å². The lowest BCUT2D eigenvalue weighted by Crippen LogP contribution is -2.51. The second kappa shape index (κ2) is 9.51. The minimum Gasteiger partial charge on any atom is -0.352 e. The quantitative estimate of drug-likeness (QED) is 0.808. The maximum absolute atomic E-state index is 12.3. The highest BCUT2D eigenvalue weighted by Gasteiger charge is 2.21. The Balaban J connectivity index is 1.34. The van der Waals surface area contributed by atoms with Gasteiger partial charge in [0.15, 0.2) is 0 Å². The van der Waals surface area contributed by atoms with Crippen LogP contribution >= 0.6 is 0 Å². The van der Waals surface area contributed by atoms with E-state index in [0.29, 0.717) is 18.5 Å². The summed E-state index contributed by atoms with van der Waals surface area (Å²) in [6.45, 7) is 11.0. The monoisotopic (exact) mass is 361 g/mol. The molecule has 2 aliphatic rings. The zero-order chi connectivity index (χ0) is 18.4. The molecule has 6 heteroatoms. The number of hydrogen-bond acceptors (Lipinski definition) is 4. The number of aromatic nitrogens is 2. The second-order valence-electron chi connectivity index (χ2n) is 8.15. The van der Waals surface area contributed by atoms with Gasteiger partial charge in [-0.15, -0.1) is 0 Å². The van der Waals surface area contributed by atoms with Gasteiger partial charge in [-0.25, -0.2) is 4.98 Å². The molecule has 1 aromatic heterocycles. The lowest BCUT2D eigenvalue weighted by atomic mass is 9.95. The van der Waals surface area contributed by atoms with E-state index in [1.807, 2.05) is 6.20 Å². The molecule has 1 saturated heterocycles. The van der Waals surface area contributed by atoms with Crippen molar-refractivity contribution >= 4 is 5.91 Å². The van der Waals surface area contributed by atoms with Crippen molar-refractivity contribution in [1.82, 2.24) is 24.7 Å². The molecule has 0 bridgehead atoms. The summed E-state index contributed by atoms with van der Waals surface area (Å²) in [7, 11) is 0. The molecule has 1 aliphatic heterocycles. The van der Waals surface area contributed by atoms with Gasteiger partial charge in [0.25, 0.3) is 0 Å². The van der Waals surface area contributed by atoms with Gasteiger partial charge in [0.05, 0.1) is 6.54 Å². The van der Waals surface area contributed by atoms with Crippen molar-refractivity contribution in [2.45, 2.75) is 64.5 Å². The molecule has 1 N–H and O–H groups in total.